The van der Waals surface area contributed by atoms with Gasteiger partial charge in [-0.25, -0.2) is 4.98 Å². The van der Waals surface area contributed by atoms with E-state index in [1.54, 1.807) is 11.1 Å². The molecule has 2 amide bonds. The first-order valence-corrected chi connectivity index (χ1v) is 7.43. The molecule has 6 nitrogen and oxygen atoms in total. The number of carbonyl (C=O) groups excluding carboxylic acids is 2. The van der Waals surface area contributed by atoms with Crippen molar-refractivity contribution >= 4 is 23.8 Å². The van der Waals surface area contributed by atoms with E-state index in [-0.39, 0.29) is 5.91 Å². The van der Waals surface area contributed by atoms with Gasteiger partial charge in [0.15, 0.2) is 0 Å². The van der Waals surface area contributed by atoms with Crippen molar-refractivity contribution in [2.24, 2.45) is 0 Å². The summed E-state index contributed by atoms with van der Waals surface area (Å²) in [7, 11) is 0. The highest BCUT2D eigenvalue weighted by Gasteiger charge is 2.15. The van der Waals surface area contributed by atoms with Gasteiger partial charge in [-0.15, -0.1) is 0 Å². The van der Waals surface area contributed by atoms with Crippen LogP contribution in [0.25, 0.3) is 0 Å². The second kappa shape index (κ2) is 7.61. The van der Waals surface area contributed by atoms with Crippen LogP contribution in [0.1, 0.15) is 26.2 Å². The van der Waals surface area contributed by atoms with Crippen LogP contribution in [0.5, 0.6) is 0 Å². The average Bonchev–Trinajstić information content (AvgIpc) is 2.54. The topological polar surface area (TPSA) is 65.5 Å². The molecule has 1 aromatic rings. The first-order valence-electron chi connectivity index (χ1n) is 7.43. The number of hydrogen-bond donors (Lipinski definition) is 1. The zero-order valence-electron chi connectivity index (χ0n) is 12.4. The SMILES string of the molecule is CCCCC(=O)Nc1ccc(N2CCN(C=O)CC2)cn1. The van der Waals surface area contributed by atoms with Crippen LogP contribution in [-0.2, 0) is 9.59 Å². The minimum absolute atomic E-state index is 0.0108. The Kier molecular flexibility index (Phi) is 5.54. The Morgan fingerprint density at radius 1 is 1.33 bits per heavy atom. The van der Waals surface area contributed by atoms with Crippen LogP contribution >= 0.6 is 0 Å². The van der Waals surface area contributed by atoms with Crippen LogP contribution in [0.4, 0.5) is 11.5 Å². The van der Waals surface area contributed by atoms with Crippen molar-refractivity contribution in [3.8, 4) is 0 Å². The number of anilines is 2. The Morgan fingerprint density at radius 3 is 2.67 bits per heavy atom. The highest BCUT2D eigenvalue weighted by atomic mass is 16.1. The highest BCUT2D eigenvalue weighted by molar-refractivity contribution is 5.89. The van der Waals surface area contributed by atoms with Crippen molar-refractivity contribution in [3.05, 3.63) is 18.3 Å². The van der Waals surface area contributed by atoms with Gasteiger partial charge in [0.05, 0.1) is 11.9 Å². The second-order valence-corrected chi connectivity index (χ2v) is 5.18. The molecule has 114 valence electrons. The Hall–Kier alpha value is -2.11. The highest BCUT2D eigenvalue weighted by Crippen LogP contribution is 2.17. The van der Waals surface area contributed by atoms with E-state index in [1.807, 2.05) is 12.1 Å². The van der Waals surface area contributed by atoms with Gasteiger partial charge in [-0.3, -0.25) is 9.59 Å². The van der Waals surface area contributed by atoms with E-state index in [4.69, 9.17) is 0 Å². The number of piperazine rings is 1. The lowest BCUT2D eigenvalue weighted by Crippen LogP contribution is -2.45. The first-order chi connectivity index (χ1) is 10.2. The summed E-state index contributed by atoms with van der Waals surface area (Å²) < 4.78 is 0. The predicted molar refractivity (Wildman–Crippen MR) is 82.2 cm³/mol. The quantitative estimate of drug-likeness (QED) is 0.806. The fourth-order valence-corrected chi connectivity index (χ4v) is 2.28. The summed E-state index contributed by atoms with van der Waals surface area (Å²) in [4.78, 5) is 30.6. The lowest BCUT2D eigenvalue weighted by atomic mass is 10.2. The van der Waals surface area contributed by atoms with Gasteiger partial charge in [-0.1, -0.05) is 13.3 Å². The molecule has 1 aliphatic heterocycles. The maximum absolute atomic E-state index is 11.6. The summed E-state index contributed by atoms with van der Waals surface area (Å²) in [6.07, 6.45) is 5.10. The number of hydrogen-bond acceptors (Lipinski definition) is 4. The number of rotatable bonds is 6. The normalized spacial score (nSPS) is 14.9. The maximum Gasteiger partial charge on any atom is 0.225 e. The Morgan fingerprint density at radius 2 is 2.10 bits per heavy atom. The molecule has 0 atom stereocenters. The molecule has 2 rings (SSSR count). The number of pyridine rings is 1. The van der Waals surface area contributed by atoms with Crippen LogP contribution in [0.3, 0.4) is 0 Å². The molecule has 1 fully saturated rings. The number of nitrogens with one attached hydrogen (secondary N) is 1. The smallest absolute Gasteiger partial charge is 0.225 e. The Bertz CT molecular complexity index is 467. The van der Waals surface area contributed by atoms with Crippen molar-refractivity contribution in [1.82, 2.24) is 9.88 Å². The summed E-state index contributed by atoms with van der Waals surface area (Å²) in [5, 5.41) is 2.80. The zero-order chi connectivity index (χ0) is 15.1. The van der Waals surface area contributed by atoms with Crippen LogP contribution in [0, 0.1) is 0 Å². The van der Waals surface area contributed by atoms with E-state index >= 15 is 0 Å². The fraction of sp³-hybridized carbons (Fsp3) is 0.533. The maximum atomic E-state index is 11.6. The van der Waals surface area contributed by atoms with Crippen molar-refractivity contribution in [3.63, 3.8) is 0 Å². The summed E-state index contributed by atoms with van der Waals surface area (Å²) in [6.45, 7) is 5.15. The molecule has 1 aromatic heterocycles. The molecule has 2 heterocycles. The Balaban J connectivity index is 1.87. The molecule has 0 radical (unpaired) electrons. The molecular formula is C15H22N4O2. The minimum atomic E-state index is 0.0108. The van der Waals surface area contributed by atoms with Crippen molar-refractivity contribution in [1.29, 1.82) is 0 Å². The number of aromatic nitrogens is 1. The van der Waals surface area contributed by atoms with Gasteiger partial charge in [-0.05, 0) is 18.6 Å². The summed E-state index contributed by atoms with van der Waals surface area (Å²) in [5.74, 6) is 0.600. The molecule has 0 bridgehead atoms. The molecule has 1 aliphatic rings. The molecule has 0 aromatic carbocycles. The number of carbonyl (C=O) groups is 2. The van der Waals surface area contributed by atoms with E-state index in [0.29, 0.717) is 12.2 Å². The van der Waals surface area contributed by atoms with Crippen LogP contribution < -0.4 is 10.2 Å². The van der Waals surface area contributed by atoms with Crippen LogP contribution in [-0.4, -0.2) is 48.4 Å². The van der Waals surface area contributed by atoms with Gasteiger partial charge < -0.3 is 15.1 Å². The van der Waals surface area contributed by atoms with Crippen LogP contribution in [0.2, 0.25) is 0 Å². The van der Waals surface area contributed by atoms with Gasteiger partial charge >= 0.3 is 0 Å². The molecule has 1 saturated heterocycles. The Labute approximate surface area is 125 Å². The molecule has 0 saturated carbocycles. The predicted octanol–water partition coefficient (Wildman–Crippen LogP) is 1.49. The van der Waals surface area contributed by atoms with Crippen molar-refractivity contribution in [2.75, 3.05) is 36.4 Å². The summed E-state index contributed by atoms with van der Waals surface area (Å²) in [6, 6.07) is 3.78. The lowest BCUT2D eigenvalue weighted by molar-refractivity contribution is -0.118. The standard InChI is InChI=1S/C15H22N4O2/c1-2-3-4-15(21)17-14-6-5-13(11-16-14)19-9-7-18(12-20)8-10-19/h5-6,11-12H,2-4,7-10H2,1H3,(H,16,17,21). The molecule has 0 unspecified atom stereocenters. The molecule has 1 N–H and O–H groups in total. The van der Waals surface area contributed by atoms with E-state index in [1.165, 1.54) is 0 Å². The second-order valence-electron chi connectivity index (χ2n) is 5.18. The monoisotopic (exact) mass is 290 g/mol. The molecular weight excluding hydrogens is 268 g/mol. The summed E-state index contributed by atoms with van der Waals surface area (Å²) >= 11 is 0. The fourth-order valence-electron chi connectivity index (χ4n) is 2.28. The lowest BCUT2D eigenvalue weighted by Gasteiger charge is -2.33. The minimum Gasteiger partial charge on any atom is -0.367 e. The zero-order valence-corrected chi connectivity index (χ0v) is 12.4. The van der Waals surface area contributed by atoms with E-state index in [2.05, 4.69) is 22.1 Å². The van der Waals surface area contributed by atoms with Gasteiger partial charge in [-0.2, -0.15) is 0 Å². The number of amides is 2. The third-order valence-electron chi connectivity index (χ3n) is 3.60. The third-order valence-corrected chi connectivity index (χ3v) is 3.60. The first kappa shape index (κ1) is 15.3. The molecule has 0 aliphatic carbocycles. The van der Waals surface area contributed by atoms with Gasteiger partial charge in [0.2, 0.25) is 12.3 Å². The number of nitrogens with zero attached hydrogens (tertiary/aromatic N) is 3. The van der Waals surface area contributed by atoms with Gasteiger partial charge in [0.1, 0.15) is 5.82 Å². The number of unbranched alkanes of at least 4 members (excludes halogenated alkanes) is 1. The van der Waals surface area contributed by atoms with E-state index in [9.17, 15) is 9.59 Å². The van der Waals surface area contributed by atoms with Crippen LogP contribution in [0.15, 0.2) is 18.3 Å². The molecule has 6 heteroatoms. The average molecular weight is 290 g/mol. The van der Waals surface area contributed by atoms with Crippen molar-refractivity contribution in [2.45, 2.75) is 26.2 Å². The largest absolute Gasteiger partial charge is 0.367 e. The van der Waals surface area contributed by atoms with Crippen molar-refractivity contribution < 1.29 is 9.59 Å². The van der Waals surface area contributed by atoms with Gasteiger partial charge in [0, 0.05) is 32.6 Å². The third kappa shape index (κ3) is 4.44. The van der Waals surface area contributed by atoms with E-state index < -0.39 is 0 Å². The molecule has 21 heavy (non-hydrogen) atoms. The molecule has 0 spiro atoms. The summed E-state index contributed by atoms with van der Waals surface area (Å²) in [5.41, 5.74) is 1.02. The van der Waals surface area contributed by atoms with E-state index in [0.717, 1.165) is 51.1 Å². The van der Waals surface area contributed by atoms with Gasteiger partial charge in [0.25, 0.3) is 0 Å².